The SMILES string of the molecule is CC(=O)Nc1ccc(NCc2c(F)cccc2F)cc1C. The van der Waals surface area contributed by atoms with Gasteiger partial charge in [-0.3, -0.25) is 4.79 Å². The van der Waals surface area contributed by atoms with E-state index in [1.54, 1.807) is 12.1 Å². The minimum atomic E-state index is -0.575. The van der Waals surface area contributed by atoms with Crippen LogP contribution in [-0.4, -0.2) is 5.91 Å². The number of hydrogen-bond acceptors (Lipinski definition) is 2. The average molecular weight is 290 g/mol. The maximum Gasteiger partial charge on any atom is 0.221 e. The number of anilines is 2. The lowest BCUT2D eigenvalue weighted by atomic mass is 10.1. The van der Waals surface area contributed by atoms with Crippen molar-refractivity contribution >= 4 is 17.3 Å². The van der Waals surface area contributed by atoms with E-state index in [-0.39, 0.29) is 18.0 Å². The van der Waals surface area contributed by atoms with Crippen LogP contribution in [0.1, 0.15) is 18.1 Å². The molecule has 0 heterocycles. The predicted molar refractivity (Wildman–Crippen MR) is 79.2 cm³/mol. The summed E-state index contributed by atoms with van der Waals surface area (Å²) in [6.45, 7) is 3.34. The van der Waals surface area contributed by atoms with Gasteiger partial charge >= 0.3 is 0 Å². The Morgan fingerprint density at radius 2 is 1.81 bits per heavy atom. The van der Waals surface area contributed by atoms with Gasteiger partial charge in [0.2, 0.25) is 5.91 Å². The Hall–Kier alpha value is -2.43. The minimum Gasteiger partial charge on any atom is -0.381 e. The second-order valence-electron chi connectivity index (χ2n) is 4.76. The molecule has 0 aliphatic rings. The monoisotopic (exact) mass is 290 g/mol. The fraction of sp³-hybridized carbons (Fsp3) is 0.188. The first-order chi connectivity index (χ1) is 9.97. The maximum absolute atomic E-state index is 13.5. The lowest BCUT2D eigenvalue weighted by molar-refractivity contribution is -0.114. The smallest absolute Gasteiger partial charge is 0.221 e. The molecule has 0 aliphatic heterocycles. The number of nitrogens with one attached hydrogen (secondary N) is 2. The van der Waals surface area contributed by atoms with Gasteiger partial charge in [-0.05, 0) is 42.8 Å². The summed E-state index contributed by atoms with van der Waals surface area (Å²) in [6.07, 6.45) is 0. The quantitative estimate of drug-likeness (QED) is 0.898. The largest absolute Gasteiger partial charge is 0.381 e. The van der Waals surface area contributed by atoms with Gasteiger partial charge in [0.05, 0.1) is 0 Å². The zero-order valence-corrected chi connectivity index (χ0v) is 11.8. The Kier molecular flexibility index (Phi) is 4.52. The first-order valence-corrected chi connectivity index (χ1v) is 6.52. The highest BCUT2D eigenvalue weighted by molar-refractivity contribution is 5.89. The molecular formula is C16H16F2N2O. The van der Waals surface area contributed by atoms with Crippen molar-refractivity contribution in [2.75, 3.05) is 10.6 Å². The van der Waals surface area contributed by atoms with E-state index in [4.69, 9.17) is 0 Å². The van der Waals surface area contributed by atoms with E-state index in [2.05, 4.69) is 10.6 Å². The van der Waals surface area contributed by atoms with Crippen LogP contribution in [0.4, 0.5) is 20.2 Å². The number of benzene rings is 2. The standard InChI is InChI=1S/C16H16F2N2O/c1-10-8-12(6-7-16(10)20-11(2)21)19-9-13-14(17)4-3-5-15(13)18/h3-8,19H,9H2,1-2H3,(H,20,21). The van der Waals surface area contributed by atoms with Gasteiger partial charge in [0.15, 0.2) is 0 Å². The third-order valence-electron chi connectivity index (χ3n) is 3.07. The van der Waals surface area contributed by atoms with Crippen molar-refractivity contribution < 1.29 is 13.6 Å². The normalized spacial score (nSPS) is 10.3. The summed E-state index contributed by atoms with van der Waals surface area (Å²) >= 11 is 0. The van der Waals surface area contributed by atoms with E-state index >= 15 is 0 Å². The summed E-state index contributed by atoms with van der Waals surface area (Å²) in [5, 5.41) is 5.68. The maximum atomic E-state index is 13.5. The Morgan fingerprint density at radius 3 is 2.38 bits per heavy atom. The predicted octanol–water partition coefficient (Wildman–Crippen LogP) is 3.84. The topological polar surface area (TPSA) is 41.1 Å². The van der Waals surface area contributed by atoms with Crippen LogP contribution in [0.3, 0.4) is 0 Å². The summed E-state index contributed by atoms with van der Waals surface area (Å²) in [5.41, 5.74) is 2.31. The molecule has 0 unspecified atom stereocenters. The van der Waals surface area contributed by atoms with Crippen LogP contribution in [0.15, 0.2) is 36.4 Å². The van der Waals surface area contributed by atoms with Crippen LogP contribution in [0, 0.1) is 18.6 Å². The zero-order valence-electron chi connectivity index (χ0n) is 11.8. The first-order valence-electron chi connectivity index (χ1n) is 6.52. The molecule has 2 rings (SSSR count). The van der Waals surface area contributed by atoms with Crippen molar-refractivity contribution in [2.24, 2.45) is 0 Å². The third kappa shape index (κ3) is 3.78. The number of hydrogen-bond donors (Lipinski definition) is 2. The van der Waals surface area contributed by atoms with Gasteiger partial charge < -0.3 is 10.6 Å². The van der Waals surface area contributed by atoms with Gasteiger partial charge in [-0.2, -0.15) is 0 Å². The molecule has 2 aromatic carbocycles. The average Bonchev–Trinajstić information content (AvgIpc) is 2.41. The van der Waals surface area contributed by atoms with Crippen LogP contribution in [-0.2, 0) is 11.3 Å². The van der Waals surface area contributed by atoms with E-state index in [0.29, 0.717) is 5.69 Å². The highest BCUT2D eigenvalue weighted by Gasteiger charge is 2.08. The second kappa shape index (κ2) is 6.35. The molecule has 0 spiro atoms. The Bertz CT molecular complexity index is 651. The Balaban J connectivity index is 2.10. The van der Waals surface area contributed by atoms with Crippen molar-refractivity contribution in [1.29, 1.82) is 0 Å². The number of aryl methyl sites for hydroxylation is 1. The van der Waals surface area contributed by atoms with E-state index in [1.165, 1.54) is 25.1 Å². The number of amides is 1. The van der Waals surface area contributed by atoms with E-state index in [1.807, 2.05) is 13.0 Å². The minimum absolute atomic E-state index is 0.00101. The molecule has 0 saturated carbocycles. The molecule has 2 N–H and O–H groups in total. The summed E-state index contributed by atoms with van der Waals surface area (Å²) in [5.74, 6) is -1.30. The Morgan fingerprint density at radius 1 is 1.14 bits per heavy atom. The van der Waals surface area contributed by atoms with E-state index < -0.39 is 11.6 Å². The number of carbonyl (C=O) groups excluding carboxylic acids is 1. The van der Waals surface area contributed by atoms with Crippen LogP contribution in [0.5, 0.6) is 0 Å². The summed E-state index contributed by atoms with van der Waals surface area (Å²) < 4.78 is 27.0. The van der Waals surface area contributed by atoms with Gasteiger partial charge in [-0.15, -0.1) is 0 Å². The van der Waals surface area contributed by atoms with E-state index in [0.717, 1.165) is 11.3 Å². The van der Waals surface area contributed by atoms with Gasteiger partial charge in [-0.1, -0.05) is 6.07 Å². The highest BCUT2D eigenvalue weighted by Crippen LogP contribution is 2.21. The fourth-order valence-corrected chi connectivity index (χ4v) is 2.00. The molecular weight excluding hydrogens is 274 g/mol. The van der Waals surface area contributed by atoms with Gasteiger partial charge in [0.1, 0.15) is 11.6 Å². The van der Waals surface area contributed by atoms with Crippen molar-refractivity contribution in [2.45, 2.75) is 20.4 Å². The van der Waals surface area contributed by atoms with Crippen LogP contribution >= 0.6 is 0 Å². The molecule has 5 heteroatoms. The van der Waals surface area contributed by atoms with Gasteiger partial charge in [0.25, 0.3) is 0 Å². The molecule has 0 atom stereocenters. The third-order valence-corrected chi connectivity index (χ3v) is 3.07. The van der Waals surface area contributed by atoms with E-state index in [9.17, 15) is 13.6 Å². The molecule has 0 aliphatic carbocycles. The van der Waals surface area contributed by atoms with Crippen molar-refractivity contribution in [3.63, 3.8) is 0 Å². The molecule has 3 nitrogen and oxygen atoms in total. The number of halogens is 2. The van der Waals surface area contributed by atoms with Gasteiger partial charge in [0, 0.05) is 30.4 Å². The highest BCUT2D eigenvalue weighted by atomic mass is 19.1. The Labute approximate surface area is 122 Å². The van der Waals surface area contributed by atoms with Gasteiger partial charge in [-0.25, -0.2) is 8.78 Å². The summed E-state index contributed by atoms with van der Waals surface area (Å²) in [6, 6.07) is 9.09. The molecule has 0 saturated heterocycles. The molecule has 0 radical (unpaired) electrons. The first kappa shape index (κ1) is 15.0. The fourth-order valence-electron chi connectivity index (χ4n) is 2.00. The summed E-state index contributed by atoms with van der Waals surface area (Å²) in [4.78, 5) is 11.0. The lowest BCUT2D eigenvalue weighted by Gasteiger charge is -2.11. The zero-order chi connectivity index (χ0) is 15.4. The molecule has 0 aromatic heterocycles. The van der Waals surface area contributed by atoms with Crippen LogP contribution in [0.25, 0.3) is 0 Å². The van der Waals surface area contributed by atoms with Crippen molar-refractivity contribution in [3.8, 4) is 0 Å². The summed E-state index contributed by atoms with van der Waals surface area (Å²) in [7, 11) is 0. The van der Waals surface area contributed by atoms with Crippen molar-refractivity contribution in [1.82, 2.24) is 0 Å². The molecule has 110 valence electrons. The number of carbonyl (C=O) groups is 1. The second-order valence-corrected chi connectivity index (χ2v) is 4.76. The molecule has 1 amide bonds. The molecule has 0 fully saturated rings. The van der Waals surface area contributed by atoms with Crippen LogP contribution in [0.2, 0.25) is 0 Å². The number of rotatable bonds is 4. The molecule has 2 aromatic rings. The molecule has 21 heavy (non-hydrogen) atoms. The van der Waals surface area contributed by atoms with Crippen molar-refractivity contribution in [3.05, 3.63) is 59.2 Å². The molecule has 0 bridgehead atoms. The lowest BCUT2D eigenvalue weighted by Crippen LogP contribution is -2.08. The van der Waals surface area contributed by atoms with Crippen LogP contribution < -0.4 is 10.6 Å².